The Hall–Kier alpha value is -3.99. The highest BCUT2D eigenvalue weighted by atomic mass is 35.5. The Morgan fingerprint density at radius 3 is 2.73 bits per heavy atom. The minimum atomic E-state index is -0.720. The number of likely N-dealkylation sites (N-methyl/N-ethyl adjacent to an activating group) is 1. The average molecular weight is 653 g/mol. The van der Waals surface area contributed by atoms with Crippen molar-refractivity contribution in [2.24, 2.45) is 0 Å². The van der Waals surface area contributed by atoms with Gasteiger partial charge in [-0.05, 0) is 57.0 Å². The molecule has 2 saturated heterocycles. The highest BCUT2D eigenvalue weighted by Crippen LogP contribution is 2.49. The molecule has 0 spiro atoms. The van der Waals surface area contributed by atoms with Gasteiger partial charge in [0.15, 0.2) is 5.82 Å². The number of thiophene rings is 1. The number of hydrogen-bond donors (Lipinski definition) is 2. The largest absolute Gasteiger partial charge is 0.459 e. The predicted molar refractivity (Wildman–Crippen MR) is 171 cm³/mol. The monoisotopic (exact) mass is 652 g/mol. The second-order valence-electron chi connectivity index (χ2n) is 11.9. The molecule has 234 valence electrons. The molecule has 7 rings (SSSR count). The molecular weight excluding hydrogens is 622 g/mol. The van der Waals surface area contributed by atoms with Crippen LogP contribution in [0.3, 0.4) is 0 Å². The number of ether oxygens (including phenoxy) is 1. The average Bonchev–Trinajstić information content (AvgIpc) is 3.59. The highest BCUT2D eigenvalue weighted by molar-refractivity contribution is 7.23. The van der Waals surface area contributed by atoms with Gasteiger partial charge in [0.2, 0.25) is 0 Å². The molecular formula is C31H31ClF2N8O2S. The standard InChI is InChI=1S/C31H31ClF2N8O2S/c1-14(20-5-4-9-40(20)3)44-30-38-26-23-17(8-10-42(29(23)39-30)15-12-41(13-15)31(43)37-2)24(32)22(25(26)34)16-6-7-19(33)27-21(16)18(11-35)28(36)45-27/h6-7,14-15,20H,4-5,8-10,12-13,36H2,1-3H3,(H,37,43)/t14-,20-/m0/s1. The summed E-state index contributed by atoms with van der Waals surface area (Å²) in [5, 5.41) is 13.5. The van der Waals surface area contributed by atoms with Gasteiger partial charge in [-0.15, -0.1) is 11.3 Å². The molecule has 0 unspecified atom stereocenters. The Balaban J connectivity index is 1.42. The van der Waals surface area contributed by atoms with E-state index in [0.29, 0.717) is 42.8 Å². The maximum Gasteiger partial charge on any atom is 0.319 e. The lowest BCUT2D eigenvalue weighted by Crippen LogP contribution is -2.63. The van der Waals surface area contributed by atoms with Gasteiger partial charge >= 0.3 is 12.0 Å². The summed E-state index contributed by atoms with van der Waals surface area (Å²) in [5.41, 5.74) is 7.15. The minimum Gasteiger partial charge on any atom is -0.459 e. The number of nitrogen functional groups attached to an aromatic ring is 1. The lowest BCUT2D eigenvalue weighted by molar-refractivity contribution is 0.112. The Kier molecular flexibility index (Phi) is 7.34. The summed E-state index contributed by atoms with van der Waals surface area (Å²) in [6.07, 6.45) is 2.22. The number of halogens is 3. The number of fused-ring (bicyclic) bond motifs is 1. The Bertz CT molecular complexity index is 1920. The smallest absolute Gasteiger partial charge is 0.319 e. The summed E-state index contributed by atoms with van der Waals surface area (Å²) in [6, 6.07) is 4.72. The molecule has 0 bridgehead atoms. The van der Waals surface area contributed by atoms with Crippen molar-refractivity contribution < 1.29 is 18.3 Å². The number of carbonyl (C=O) groups excluding carboxylic acids is 1. The number of rotatable bonds is 5. The first-order valence-corrected chi connectivity index (χ1v) is 16.0. The number of urea groups is 1. The molecule has 3 aliphatic heterocycles. The first kappa shape index (κ1) is 29.7. The van der Waals surface area contributed by atoms with Gasteiger partial charge in [-0.1, -0.05) is 17.7 Å². The van der Waals surface area contributed by atoms with Crippen LogP contribution in [0.4, 0.5) is 24.4 Å². The van der Waals surface area contributed by atoms with Crippen LogP contribution >= 0.6 is 22.9 Å². The van der Waals surface area contributed by atoms with E-state index in [4.69, 9.17) is 27.1 Å². The van der Waals surface area contributed by atoms with Crippen molar-refractivity contribution in [1.82, 2.24) is 25.1 Å². The van der Waals surface area contributed by atoms with E-state index in [0.717, 1.165) is 30.7 Å². The quantitative estimate of drug-likeness (QED) is 0.304. The number of benzene rings is 2. The Labute approximate surface area is 267 Å². The van der Waals surface area contributed by atoms with E-state index in [-0.39, 0.29) is 72.5 Å². The summed E-state index contributed by atoms with van der Waals surface area (Å²) >= 11 is 7.99. The van der Waals surface area contributed by atoms with Crippen LogP contribution in [0, 0.1) is 23.0 Å². The van der Waals surface area contributed by atoms with Gasteiger partial charge in [0.05, 0.1) is 26.7 Å². The Morgan fingerprint density at radius 2 is 2.04 bits per heavy atom. The number of nitrogens with two attached hydrogens (primary N) is 1. The molecule has 0 radical (unpaired) electrons. The zero-order chi connectivity index (χ0) is 31.7. The zero-order valence-electron chi connectivity index (χ0n) is 25.0. The summed E-state index contributed by atoms with van der Waals surface area (Å²) in [7, 11) is 3.64. The second-order valence-corrected chi connectivity index (χ2v) is 13.3. The summed E-state index contributed by atoms with van der Waals surface area (Å²) < 4.78 is 38.4. The van der Waals surface area contributed by atoms with Crippen LogP contribution in [0.25, 0.3) is 32.1 Å². The van der Waals surface area contributed by atoms with Gasteiger partial charge in [-0.25, -0.2) is 13.6 Å². The third-order valence-electron chi connectivity index (χ3n) is 9.37. The van der Waals surface area contributed by atoms with Gasteiger partial charge in [-0.3, -0.25) is 4.90 Å². The van der Waals surface area contributed by atoms with Crippen LogP contribution < -0.4 is 20.7 Å². The van der Waals surface area contributed by atoms with Crippen LogP contribution in [-0.2, 0) is 6.42 Å². The third kappa shape index (κ3) is 4.61. The molecule has 0 saturated carbocycles. The SMILES string of the molecule is CNC(=O)N1CC(N2CCc3c(Cl)c(-c4ccc(F)c5sc(N)c(C#N)c45)c(F)c4nc(O[C@@H](C)[C@@H]5CCCN5C)nc2c34)C1. The van der Waals surface area contributed by atoms with Crippen molar-refractivity contribution in [3.05, 3.63) is 39.9 Å². The number of hydrogen-bond acceptors (Lipinski definition) is 9. The van der Waals surface area contributed by atoms with Crippen molar-refractivity contribution in [2.75, 3.05) is 50.9 Å². The first-order chi connectivity index (χ1) is 21.6. The van der Waals surface area contributed by atoms with Crippen LogP contribution in [0.15, 0.2) is 12.1 Å². The summed E-state index contributed by atoms with van der Waals surface area (Å²) in [5.74, 6) is -0.778. The molecule has 3 aliphatic rings. The molecule has 14 heteroatoms. The van der Waals surface area contributed by atoms with Crippen LogP contribution in [0.1, 0.15) is 30.9 Å². The van der Waals surface area contributed by atoms with Gasteiger partial charge < -0.3 is 25.6 Å². The lowest BCUT2D eigenvalue weighted by atomic mass is 9.91. The highest BCUT2D eigenvalue weighted by Gasteiger charge is 2.40. The van der Waals surface area contributed by atoms with E-state index < -0.39 is 11.6 Å². The maximum atomic E-state index is 17.0. The second kappa shape index (κ2) is 11.1. The molecule has 2 amide bonds. The van der Waals surface area contributed by atoms with Crippen molar-refractivity contribution in [1.29, 1.82) is 5.26 Å². The number of likely N-dealkylation sites (tertiary alicyclic amines) is 2. The van der Waals surface area contributed by atoms with E-state index in [1.807, 2.05) is 6.92 Å². The molecule has 4 aromatic rings. The number of amides is 2. The number of anilines is 2. The molecule has 2 atom stereocenters. The third-order valence-corrected chi connectivity index (χ3v) is 10.8. The van der Waals surface area contributed by atoms with Gasteiger partial charge in [0.1, 0.15) is 34.3 Å². The van der Waals surface area contributed by atoms with E-state index in [1.165, 1.54) is 12.1 Å². The molecule has 2 aromatic carbocycles. The molecule has 0 aliphatic carbocycles. The Morgan fingerprint density at radius 1 is 1.27 bits per heavy atom. The summed E-state index contributed by atoms with van der Waals surface area (Å²) in [4.78, 5) is 27.7. The van der Waals surface area contributed by atoms with Crippen molar-refractivity contribution in [3.63, 3.8) is 0 Å². The van der Waals surface area contributed by atoms with Gasteiger partial charge in [-0.2, -0.15) is 15.2 Å². The number of nitrogens with zero attached hydrogens (tertiary/aromatic N) is 6. The molecule has 45 heavy (non-hydrogen) atoms. The maximum absolute atomic E-state index is 17.0. The van der Waals surface area contributed by atoms with Gasteiger partial charge in [0.25, 0.3) is 0 Å². The number of nitrogens with one attached hydrogen (secondary N) is 1. The molecule has 10 nitrogen and oxygen atoms in total. The number of nitriles is 1. The molecule has 3 N–H and O–H groups in total. The normalized spacial score (nSPS) is 19.2. The van der Waals surface area contributed by atoms with E-state index in [2.05, 4.69) is 33.2 Å². The van der Waals surface area contributed by atoms with Gasteiger partial charge in [0, 0.05) is 43.7 Å². The van der Waals surface area contributed by atoms with Crippen molar-refractivity contribution in [3.8, 4) is 23.2 Å². The molecule has 2 fully saturated rings. The van der Waals surface area contributed by atoms with E-state index in [9.17, 15) is 14.4 Å². The molecule has 5 heterocycles. The minimum absolute atomic E-state index is 0.0283. The van der Waals surface area contributed by atoms with Crippen molar-refractivity contribution >= 4 is 60.8 Å². The topological polar surface area (TPSA) is 124 Å². The van der Waals surface area contributed by atoms with Crippen LogP contribution in [0.2, 0.25) is 5.02 Å². The van der Waals surface area contributed by atoms with E-state index >= 15 is 4.39 Å². The fourth-order valence-electron chi connectivity index (χ4n) is 7.03. The number of aromatic nitrogens is 2. The van der Waals surface area contributed by atoms with Crippen LogP contribution in [0.5, 0.6) is 6.01 Å². The first-order valence-electron chi connectivity index (χ1n) is 14.9. The zero-order valence-corrected chi connectivity index (χ0v) is 26.5. The fraction of sp³-hybridized carbons (Fsp3) is 0.419. The fourth-order valence-corrected chi connectivity index (χ4v) is 8.35. The van der Waals surface area contributed by atoms with E-state index in [1.54, 1.807) is 11.9 Å². The number of carbonyl (C=O) groups is 1. The predicted octanol–water partition coefficient (Wildman–Crippen LogP) is 5.14. The van der Waals surface area contributed by atoms with Crippen LogP contribution in [-0.4, -0.2) is 84.3 Å². The molecule has 2 aromatic heterocycles. The lowest BCUT2D eigenvalue weighted by Gasteiger charge is -2.47. The summed E-state index contributed by atoms with van der Waals surface area (Å²) in [6.45, 7) is 4.41. The van der Waals surface area contributed by atoms with Crippen molar-refractivity contribution in [2.45, 2.75) is 44.4 Å².